The molecule has 1 amide bonds. The summed E-state index contributed by atoms with van der Waals surface area (Å²) >= 11 is 6.15. The van der Waals surface area contributed by atoms with E-state index in [1.165, 1.54) is 17.3 Å². The van der Waals surface area contributed by atoms with Crippen LogP contribution in [0.15, 0.2) is 78.6 Å². The van der Waals surface area contributed by atoms with Crippen LogP contribution < -0.4 is 9.64 Å². The average molecular weight is 435 g/mol. The number of Topliss-reactive ketones (excluding diaryl/α,β-unsaturated/α-hetero) is 1. The lowest BCUT2D eigenvalue weighted by Gasteiger charge is -2.26. The van der Waals surface area contributed by atoms with E-state index in [4.69, 9.17) is 16.3 Å². The van der Waals surface area contributed by atoms with Crippen LogP contribution in [0.1, 0.15) is 24.1 Å². The molecule has 0 spiro atoms. The summed E-state index contributed by atoms with van der Waals surface area (Å²) in [5.41, 5.74) is 1.46. The van der Waals surface area contributed by atoms with Gasteiger partial charge in [-0.15, -0.1) is 0 Å². The molecule has 1 N–H and O–H groups in total. The van der Waals surface area contributed by atoms with E-state index in [0.29, 0.717) is 34.2 Å². The number of ether oxygens (including phenoxy) is 1. The molecule has 1 aliphatic heterocycles. The van der Waals surface area contributed by atoms with Crippen molar-refractivity contribution < 1.29 is 19.4 Å². The second-order valence-corrected chi connectivity index (χ2v) is 7.33. The van der Waals surface area contributed by atoms with Crippen molar-refractivity contribution in [2.75, 3.05) is 11.5 Å². The standard InChI is InChI=1S/C24H19ClN2O4/c1-2-31-19-8-3-5-16(13-19)21-20(22(28)15-9-11-26-12-10-15)23(29)24(30)27(21)18-7-4-6-17(25)14-18/h3-14,21,28H,2H2,1H3/b22-20+. The summed E-state index contributed by atoms with van der Waals surface area (Å²) in [6, 6.07) is 16.1. The molecule has 1 aromatic heterocycles. The number of hydrogen-bond donors (Lipinski definition) is 1. The maximum absolute atomic E-state index is 13.1. The summed E-state index contributed by atoms with van der Waals surface area (Å²) in [6.07, 6.45) is 3.01. The number of anilines is 1. The maximum Gasteiger partial charge on any atom is 0.300 e. The van der Waals surface area contributed by atoms with Gasteiger partial charge in [0.25, 0.3) is 11.7 Å². The SMILES string of the molecule is CCOc1cccc(C2/C(=C(\O)c3ccncc3)C(=O)C(=O)N2c2cccc(Cl)c2)c1. The van der Waals surface area contributed by atoms with Crippen LogP contribution in [0.5, 0.6) is 5.75 Å². The van der Waals surface area contributed by atoms with Crippen molar-refractivity contribution in [1.82, 2.24) is 4.98 Å². The molecule has 1 aliphatic rings. The van der Waals surface area contributed by atoms with E-state index in [0.717, 1.165) is 0 Å². The zero-order valence-electron chi connectivity index (χ0n) is 16.7. The van der Waals surface area contributed by atoms with Gasteiger partial charge in [0.15, 0.2) is 0 Å². The molecule has 6 nitrogen and oxygen atoms in total. The van der Waals surface area contributed by atoms with Crippen LogP contribution in [0.2, 0.25) is 5.02 Å². The molecule has 0 aliphatic carbocycles. The first-order valence-corrected chi connectivity index (χ1v) is 10.1. The van der Waals surface area contributed by atoms with Crippen molar-refractivity contribution in [3.8, 4) is 5.75 Å². The Morgan fingerprint density at radius 3 is 2.55 bits per heavy atom. The number of aromatic nitrogens is 1. The predicted molar refractivity (Wildman–Crippen MR) is 118 cm³/mol. The average Bonchev–Trinajstić information content (AvgIpc) is 3.05. The molecule has 1 unspecified atom stereocenters. The minimum atomic E-state index is -0.855. The lowest BCUT2D eigenvalue weighted by Crippen LogP contribution is -2.29. The monoisotopic (exact) mass is 434 g/mol. The van der Waals surface area contributed by atoms with Gasteiger partial charge in [0, 0.05) is 28.7 Å². The van der Waals surface area contributed by atoms with Gasteiger partial charge in [-0.05, 0) is 55.0 Å². The van der Waals surface area contributed by atoms with Crippen molar-refractivity contribution >= 4 is 34.7 Å². The lowest BCUT2D eigenvalue weighted by molar-refractivity contribution is -0.132. The summed E-state index contributed by atoms with van der Waals surface area (Å²) in [4.78, 5) is 31.5. The highest BCUT2D eigenvalue weighted by molar-refractivity contribution is 6.51. The Morgan fingerprint density at radius 2 is 1.84 bits per heavy atom. The third-order valence-corrected chi connectivity index (χ3v) is 5.20. The lowest BCUT2D eigenvalue weighted by atomic mass is 9.95. The summed E-state index contributed by atoms with van der Waals surface area (Å²) in [6.45, 7) is 2.34. The number of hydrogen-bond acceptors (Lipinski definition) is 5. The zero-order chi connectivity index (χ0) is 22.0. The Morgan fingerprint density at radius 1 is 1.10 bits per heavy atom. The van der Waals surface area contributed by atoms with E-state index in [2.05, 4.69) is 4.98 Å². The van der Waals surface area contributed by atoms with Crippen LogP contribution in [-0.2, 0) is 9.59 Å². The number of ketones is 1. The predicted octanol–water partition coefficient (Wildman–Crippen LogP) is 4.76. The molecule has 7 heteroatoms. The highest BCUT2D eigenvalue weighted by atomic mass is 35.5. The first-order valence-electron chi connectivity index (χ1n) is 9.71. The van der Waals surface area contributed by atoms with Gasteiger partial charge in [0.05, 0.1) is 18.2 Å². The number of carbonyl (C=O) groups is 2. The van der Waals surface area contributed by atoms with Gasteiger partial charge >= 0.3 is 0 Å². The number of aliphatic hydroxyl groups excluding tert-OH is 1. The summed E-state index contributed by atoms with van der Waals surface area (Å²) in [5, 5.41) is 11.5. The third-order valence-electron chi connectivity index (χ3n) is 4.97. The number of halogens is 1. The Hall–Kier alpha value is -3.64. The Labute approximate surface area is 184 Å². The van der Waals surface area contributed by atoms with Crippen LogP contribution >= 0.6 is 11.6 Å². The van der Waals surface area contributed by atoms with E-state index >= 15 is 0 Å². The van der Waals surface area contributed by atoms with E-state index in [1.54, 1.807) is 60.7 Å². The molecular formula is C24H19ClN2O4. The van der Waals surface area contributed by atoms with Gasteiger partial charge in [-0.3, -0.25) is 19.5 Å². The molecule has 0 radical (unpaired) electrons. The summed E-state index contributed by atoms with van der Waals surface area (Å²) in [5.74, 6) is -1.19. The smallest absolute Gasteiger partial charge is 0.300 e. The van der Waals surface area contributed by atoms with Crippen molar-refractivity contribution in [3.05, 3.63) is 94.8 Å². The number of pyridine rings is 1. The van der Waals surface area contributed by atoms with Crippen LogP contribution in [0.25, 0.3) is 5.76 Å². The van der Waals surface area contributed by atoms with Gasteiger partial charge in [0.2, 0.25) is 0 Å². The number of nitrogens with zero attached hydrogens (tertiary/aromatic N) is 2. The van der Waals surface area contributed by atoms with Gasteiger partial charge in [0.1, 0.15) is 11.5 Å². The first kappa shape index (κ1) is 20.6. The second kappa shape index (κ2) is 8.62. The number of carbonyl (C=O) groups excluding carboxylic acids is 2. The normalized spacial score (nSPS) is 17.7. The Kier molecular flexibility index (Phi) is 5.73. The molecule has 1 atom stereocenters. The molecule has 0 saturated carbocycles. The van der Waals surface area contributed by atoms with Gasteiger partial charge < -0.3 is 9.84 Å². The Balaban J connectivity index is 1.95. The van der Waals surface area contributed by atoms with Crippen LogP contribution in [0, 0.1) is 0 Å². The molecule has 1 fully saturated rings. The third kappa shape index (κ3) is 3.90. The zero-order valence-corrected chi connectivity index (χ0v) is 17.4. The molecule has 2 aromatic carbocycles. The van der Waals surface area contributed by atoms with E-state index < -0.39 is 17.7 Å². The highest BCUT2D eigenvalue weighted by Crippen LogP contribution is 2.43. The maximum atomic E-state index is 13.1. The summed E-state index contributed by atoms with van der Waals surface area (Å²) in [7, 11) is 0. The van der Waals surface area contributed by atoms with E-state index in [1.807, 2.05) is 6.92 Å². The quantitative estimate of drug-likeness (QED) is 0.356. The number of rotatable bonds is 5. The van der Waals surface area contributed by atoms with Gasteiger partial charge in [-0.2, -0.15) is 0 Å². The second-order valence-electron chi connectivity index (χ2n) is 6.89. The van der Waals surface area contributed by atoms with Crippen LogP contribution in [-0.4, -0.2) is 28.4 Å². The molecule has 1 saturated heterocycles. The number of aliphatic hydroxyl groups is 1. The topological polar surface area (TPSA) is 79.7 Å². The Bertz CT molecular complexity index is 1180. The molecule has 156 valence electrons. The molecule has 3 aromatic rings. The molecule has 4 rings (SSSR count). The number of benzene rings is 2. The van der Waals surface area contributed by atoms with Gasteiger partial charge in [-0.1, -0.05) is 29.8 Å². The molecule has 2 heterocycles. The minimum Gasteiger partial charge on any atom is -0.507 e. The van der Waals surface area contributed by atoms with Crippen LogP contribution in [0.3, 0.4) is 0 Å². The van der Waals surface area contributed by atoms with Crippen molar-refractivity contribution in [2.24, 2.45) is 0 Å². The fourth-order valence-corrected chi connectivity index (χ4v) is 3.83. The van der Waals surface area contributed by atoms with Crippen molar-refractivity contribution in [1.29, 1.82) is 0 Å². The summed E-state index contributed by atoms with van der Waals surface area (Å²) < 4.78 is 5.60. The van der Waals surface area contributed by atoms with E-state index in [-0.39, 0.29) is 11.3 Å². The fourth-order valence-electron chi connectivity index (χ4n) is 3.65. The number of amides is 1. The molecule has 0 bridgehead atoms. The highest BCUT2D eigenvalue weighted by Gasteiger charge is 2.47. The fraction of sp³-hybridized carbons (Fsp3) is 0.125. The van der Waals surface area contributed by atoms with Crippen molar-refractivity contribution in [3.63, 3.8) is 0 Å². The van der Waals surface area contributed by atoms with Gasteiger partial charge in [-0.25, -0.2) is 0 Å². The van der Waals surface area contributed by atoms with Crippen LogP contribution in [0.4, 0.5) is 5.69 Å². The molecule has 31 heavy (non-hydrogen) atoms. The minimum absolute atomic E-state index is 0.00942. The van der Waals surface area contributed by atoms with E-state index in [9.17, 15) is 14.7 Å². The van der Waals surface area contributed by atoms with Crippen molar-refractivity contribution in [2.45, 2.75) is 13.0 Å². The first-order chi connectivity index (χ1) is 15.0. The largest absolute Gasteiger partial charge is 0.507 e. The molecular weight excluding hydrogens is 416 g/mol.